The topological polar surface area (TPSA) is 46.3 Å². The van der Waals surface area contributed by atoms with E-state index in [9.17, 15) is 4.79 Å². The fourth-order valence-corrected chi connectivity index (χ4v) is 2.69. The second-order valence-electron chi connectivity index (χ2n) is 4.50. The van der Waals surface area contributed by atoms with Crippen molar-refractivity contribution in [1.29, 1.82) is 0 Å². The third-order valence-corrected chi connectivity index (χ3v) is 4.57. The predicted octanol–water partition coefficient (Wildman–Crippen LogP) is 2.75. The summed E-state index contributed by atoms with van der Waals surface area (Å²) in [6, 6.07) is 1.95. The Balaban J connectivity index is 2.82. The third kappa shape index (κ3) is 3.53. The van der Waals surface area contributed by atoms with Gasteiger partial charge in [0.2, 0.25) is 0 Å². The second-order valence-corrected chi connectivity index (χ2v) is 6.22. The van der Waals surface area contributed by atoms with Crippen molar-refractivity contribution in [3.63, 3.8) is 0 Å². The average Bonchev–Trinajstić information content (AvgIpc) is 2.65. The van der Waals surface area contributed by atoms with Gasteiger partial charge in [-0.3, -0.25) is 4.79 Å². The summed E-state index contributed by atoms with van der Waals surface area (Å²) in [5, 5.41) is 0. The van der Waals surface area contributed by atoms with E-state index in [0.29, 0.717) is 18.1 Å². The number of carbonyl (C=O) groups excluding carboxylic acids is 1. The van der Waals surface area contributed by atoms with Crippen LogP contribution in [0.5, 0.6) is 0 Å². The molecule has 0 fully saturated rings. The second kappa shape index (κ2) is 6.29. The monoisotopic (exact) mass is 284 g/mol. The molecule has 1 unspecified atom stereocenters. The van der Waals surface area contributed by atoms with Crippen molar-refractivity contribution < 1.29 is 4.79 Å². The molecule has 0 aliphatic carbocycles. The van der Waals surface area contributed by atoms with Crippen LogP contribution in [0.3, 0.4) is 0 Å². The largest absolute Gasteiger partial charge is 0.393 e. The highest BCUT2D eigenvalue weighted by atomic mass is 32.1. The molecule has 3 nitrogen and oxygen atoms in total. The predicted molar refractivity (Wildman–Crippen MR) is 81.3 cm³/mol. The number of nitrogens with two attached hydrogens (primary N) is 1. The van der Waals surface area contributed by atoms with E-state index < -0.39 is 0 Å². The van der Waals surface area contributed by atoms with Crippen molar-refractivity contribution in [3.05, 3.63) is 21.4 Å². The summed E-state index contributed by atoms with van der Waals surface area (Å²) in [6.07, 6.45) is 0. The van der Waals surface area contributed by atoms with Crippen LogP contribution in [0.2, 0.25) is 0 Å². The van der Waals surface area contributed by atoms with Gasteiger partial charge in [-0.25, -0.2) is 0 Å². The van der Waals surface area contributed by atoms with Gasteiger partial charge in [-0.1, -0.05) is 19.1 Å². The Morgan fingerprint density at radius 1 is 1.56 bits per heavy atom. The maximum Gasteiger partial charge on any atom is 0.263 e. The first-order valence-corrected chi connectivity index (χ1v) is 7.24. The number of nitrogens with zero attached hydrogens (tertiary/aromatic N) is 1. The minimum Gasteiger partial charge on any atom is -0.393 e. The van der Waals surface area contributed by atoms with Gasteiger partial charge >= 0.3 is 0 Å². The Morgan fingerprint density at radius 3 is 2.56 bits per heavy atom. The van der Waals surface area contributed by atoms with Crippen molar-refractivity contribution in [3.8, 4) is 0 Å². The van der Waals surface area contributed by atoms with Crippen molar-refractivity contribution in [2.24, 2.45) is 11.7 Å². The normalized spacial score (nSPS) is 12.2. The summed E-state index contributed by atoms with van der Waals surface area (Å²) >= 11 is 6.50. The van der Waals surface area contributed by atoms with Gasteiger partial charge in [0.25, 0.3) is 5.91 Å². The van der Waals surface area contributed by atoms with Crippen LogP contribution >= 0.6 is 23.6 Å². The lowest BCUT2D eigenvalue weighted by Crippen LogP contribution is -2.37. The van der Waals surface area contributed by atoms with E-state index in [-0.39, 0.29) is 11.8 Å². The highest BCUT2D eigenvalue weighted by Crippen LogP contribution is 2.22. The Bertz CT molecular complexity index is 434. The summed E-state index contributed by atoms with van der Waals surface area (Å²) in [7, 11) is 0. The number of hydrogen-bond acceptors (Lipinski definition) is 3. The quantitative estimate of drug-likeness (QED) is 0.846. The summed E-state index contributed by atoms with van der Waals surface area (Å²) in [4.78, 5) is 16.6. The van der Waals surface area contributed by atoms with Crippen LogP contribution in [-0.4, -0.2) is 28.9 Å². The van der Waals surface area contributed by atoms with Gasteiger partial charge in [-0.15, -0.1) is 11.3 Å². The van der Waals surface area contributed by atoms with E-state index >= 15 is 0 Å². The number of amides is 1. The van der Waals surface area contributed by atoms with E-state index in [2.05, 4.69) is 0 Å². The summed E-state index contributed by atoms with van der Waals surface area (Å²) in [6.45, 7) is 9.23. The number of thiocarbonyl (C=S) groups is 1. The summed E-state index contributed by atoms with van der Waals surface area (Å²) < 4.78 is 0. The van der Waals surface area contributed by atoms with Crippen LogP contribution < -0.4 is 5.73 Å². The number of rotatable bonds is 5. The molecule has 1 amide bonds. The van der Waals surface area contributed by atoms with Gasteiger partial charge in [0.1, 0.15) is 0 Å². The molecule has 1 aromatic rings. The number of thiophene rings is 1. The molecule has 0 radical (unpaired) electrons. The number of hydrogen-bond donors (Lipinski definition) is 1. The molecule has 5 heteroatoms. The van der Waals surface area contributed by atoms with E-state index in [1.54, 1.807) is 16.2 Å². The first-order chi connectivity index (χ1) is 8.36. The Kier molecular flexibility index (Phi) is 5.28. The zero-order valence-electron chi connectivity index (χ0n) is 11.3. The van der Waals surface area contributed by atoms with Crippen molar-refractivity contribution in [2.75, 3.05) is 13.1 Å². The first kappa shape index (κ1) is 15.1. The fourth-order valence-electron chi connectivity index (χ4n) is 1.61. The van der Waals surface area contributed by atoms with Crippen LogP contribution in [0.15, 0.2) is 6.07 Å². The summed E-state index contributed by atoms with van der Waals surface area (Å²) in [5.74, 6) is 0.118. The lowest BCUT2D eigenvalue weighted by Gasteiger charge is -2.23. The summed E-state index contributed by atoms with van der Waals surface area (Å²) in [5.41, 5.74) is 6.77. The van der Waals surface area contributed by atoms with Gasteiger partial charge in [0, 0.05) is 23.9 Å². The smallest absolute Gasteiger partial charge is 0.263 e. The van der Waals surface area contributed by atoms with E-state index in [4.69, 9.17) is 18.0 Å². The Labute approximate surface area is 118 Å². The molecule has 0 aliphatic heterocycles. The van der Waals surface area contributed by atoms with Crippen molar-refractivity contribution in [1.82, 2.24) is 4.90 Å². The zero-order chi connectivity index (χ0) is 13.9. The zero-order valence-corrected chi connectivity index (χ0v) is 13.0. The third-order valence-electron chi connectivity index (χ3n) is 3.03. The molecule has 100 valence electrons. The molecule has 0 aromatic carbocycles. The molecule has 2 N–H and O–H groups in total. The minimum atomic E-state index is 0.0473. The Hall–Kier alpha value is -0.940. The number of aryl methyl sites for hydroxylation is 2. The highest BCUT2D eigenvalue weighted by molar-refractivity contribution is 7.80. The molecule has 1 rings (SSSR count). The van der Waals surface area contributed by atoms with E-state index in [1.807, 2.05) is 33.8 Å². The van der Waals surface area contributed by atoms with E-state index in [0.717, 1.165) is 4.88 Å². The molecule has 0 saturated carbocycles. The molecular formula is C13H20N2OS2. The van der Waals surface area contributed by atoms with Gasteiger partial charge in [0.15, 0.2) is 0 Å². The SMILES string of the molecule is CCN(CC(C)C(N)=S)C(=O)c1cc(C)c(C)s1. The molecule has 18 heavy (non-hydrogen) atoms. The molecule has 0 saturated heterocycles. The molecule has 0 aliphatic rings. The Morgan fingerprint density at radius 2 is 2.17 bits per heavy atom. The molecule has 1 aromatic heterocycles. The lowest BCUT2D eigenvalue weighted by atomic mass is 10.1. The van der Waals surface area contributed by atoms with Gasteiger partial charge in [-0.05, 0) is 32.4 Å². The fraction of sp³-hybridized carbons (Fsp3) is 0.538. The molecule has 0 spiro atoms. The average molecular weight is 284 g/mol. The van der Waals surface area contributed by atoms with Gasteiger partial charge < -0.3 is 10.6 Å². The van der Waals surface area contributed by atoms with Crippen LogP contribution in [0, 0.1) is 19.8 Å². The molecule has 1 heterocycles. The standard InChI is InChI=1S/C13H20N2OS2/c1-5-15(7-9(3)12(14)17)13(16)11-6-8(2)10(4)18-11/h6,9H,5,7H2,1-4H3,(H2,14,17). The van der Waals surface area contributed by atoms with Crippen molar-refractivity contribution >= 4 is 34.5 Å². The first-order valence-electron chi connectivity index (χ1n) is 6.02. The maximum absolute atomic E-state index is 12.4. The highest BCUT2D eigenvalue weighted by Gasteiger charge is 2.19. The molecular weight excluding hydrogens is 264 g/mol. The van der Waals surface area contributed by atoms with Gasteiger partial charge in [-0.2, -0.15) is 0 Å². The molecule has 1 atom stereocenters. The van der Waals surface area contributed by atoms with Gasteiger partial charge in [0.05, 0.1) is 9.87 Å². The van der Waals surface area contributed by atoms with Crippen LogP contribution in [0.1, 0.15) is 34.0 Å². The minimum absolute atomic E-state index is 0.0473. The van der Waals surface area contributed by atoms with Crippen LogP contribution in [-0.2, 0) is 0 Å². The van der Waals surface area contributed by atoms with Crippen LogP contribution in [0.4, 0.5) is 0 Å². The number of carbonyl (C=O) groups is 1. The van der Waals surface area contributed by atoms with Crippen molar-refractivity contribution in [2.45, 2.75) is 27.7 Å². The van der Waals surface area contributed by atoms with E-state index in [1.165, 1.54) is 10.4 Å². The lowest BCUT2D eigenvalue weighted by molar-refractivity contribution is 0.0759. The van der Waals surface area contributed by atoms with Crippen LogP contribution in [0.25, 0.3) is 0 Å². The molecule has 0 bridgehead atoms. The maximum atomic E-state index is 12.4.